The maximum atomic E-state index is 13.3. The number of ether oxygens (including phenoxy) is 2. The molecule has 0 N–H and O–H groups in total. The van der Waals surface area contributed by atoms with Crippen LogP contribution in [0.2, 0.25) is 0 Å². The SMILES string of the molecule is O=C1/C(=C/c2ccc3c(c2)OCCO3)SC(=NCc2ccccc2)N1Cc1ccccc1. The summed E-state index contributed by atoms with van der Waals surface area (Å²) in [5.41, 5.74) is 3.07. The fourth-order valence-corrected chi connectivity index (χ4v) is 4.55. The van der Waals surface area contributed by atoms with Crippen LogP contribution < -0.4 is 9.47 Å². The number of nitrogens with zero attached hydrogens (tertiary/aromatic N) is 2. The Morgan fingerprint density at radius 3 is 2.31 bits per heavy atom. The maximum Gasteiger partial charge on any atom is 0.267 e. The number of aliphatic imine (C=N–C) groups is 1. The summed E-state index contributed by atoms with van der Waals surface area (Å²) in [6, 6.07) is 25.8. The summed E-state index contributed by atoms with van der Waals surface area (Å²) >= 11 is 1.41. The number of hydrogen-bond acceptors (Lipinski definition) is 5. The first-order valence-electron chi connectivity index (χ1n) is 10.5. The van der Waals surface area contributed by atoms with Crippen molar-refractivity contribution in [2.45, 2.75) is 13.1 Å². The molecule has 0 aliphatic carbocycles. The number of rotatable bonds is 5. The van der Waals surface area contributed by atoms with E-state index >= 15 is 0 Å². The zero-order valence-corrected chi connectivity index (χ0v) is 18.3. The normalized spacial score (nSPS) is 17.9. The summed E-state index contributed by atoms with van der Waals surface area (Å²) in [6.45, 7) is 2.09. The number of carbonyl (C=O) groups is 1. The van der Waals surface area contributed by atoms with E-state index in [0.717, 1.165) is 22.4 Å². The first-order chi connectivity index (χ1) is 15.8. The van der Waals surface area contributed by atoms with E-state index in [1.54, 1.807) is 4.90 Å². The lowest BCUT2D eigenvalue weighted by atomic mass is 10.1. The summed E-state index contributed by atoms with van der Waals surface area (Å²) in [6.07, 6.45) is 1.90. The Labute approximate surface area is 191 Å². The standard InChI is InChI=1S/C26H22N2O3S/c29-25-24(16-21-11-12-22-23(15-21)31-14-13-30-22)32-26(27-17-19-7-3-1-4-8-19)28(25)18-20-9-5-2-6-10-20/h1-12,15-16H,13-14,17-18H2/b24-16-,27-26?. The van der Waals surface area contributed by atoms with E-state index < -0.39 is 0 Å². The lowest BCUT2D eigenvalue weighted by Gasteiger charge is -2.18. The van der Waals surface area contributed by atoms with Gasteiger partial charge in [-0.25, -0.2) is 0 Å². The van der Waals surface area contributed by atoms with Crippen LogP contribution in [0.15, 0.2) is 88.8 Å². The molecular formula is C26H22N2O3S. The highest BCUT2D eigenvalue weighted by molar-refractivity contribution is 8.18. The van der Waals surface area contributed by atoms with Gasteiger partial charge in [0.05, 0.1) is 18.0 Å². The Morgan fingerprint density at radius 1 is 0.875 bits per heavy atom. The maximum absolute atomic E-state index is 13.3. The van der Waals surface area contributed by atoms with Crippen molar-refractivity contribution in [3.63, 3.8) is 0 Å². The third-order valence-electron chi connectivity index (χ3n) is 5.18. The highest BCUT2D eigenvalue weighted by Crippen LogP contribution is 2.36. The number of benzene rings is 3. The van der Waals surface area contributed by atoms with Crippen molar-refractivity contribution in [3.05, 3.63) is 100 Å². The van der Waals surface area contributed by atoms with Crippen LogP contribution in [-0.2, 0) is 17.9 Å². The highest BCUT2D eigenvalue weighted by atomic mass is 32.2. The van der Waals surface area contributed by atoms with Gasteiger partial charge in [0.1, 0.15) is 13.2 Å². The van der Waals surface area contributed by atoms with E-state index in [1.807, 2.05) is 84.9 Å². The number of amides is 1. The van der Waals surface area contributed by atoms with E-state index in [-0.39, 0.29) is 5.91 Å². The predicted octanol–water partition coefficient (Wildman–Crippen LogP) is 5.13. The second kappa shape index (κ2) is 9.32. The van der Waals surface area contributed by atoms with Gasteiger partial charge < -0.3 is 9.47 Å². The van der Waals surface area contributed by atoms with Crippen LogP contribution in [0.5, 0.6) is 11.5 Å². The number of amidine groups is 1. The van der Waals surface area contributed by atoms with Crippen LogP contribution in [0.1, 0.15) is 16.7 Å². The van der Waals surface area contributed by atoms with Gasteiger partial charge in [0.2, 0.25) is 0 Å². The van der Waals surface area contributed by atoms with Crippen LogP contribution in [0, 0.1) is 0 Å². The lowest BCUT2D eigenvalue weighted by Crippen LogP contribution is -2.28. The summed E-state index contributed by atoms with van der Waals surface area (Å²) < 4.78 is 11.3. The lowest BCUT2D eigenvalue weighted by molar-refractivity contribution is -0.122. The quantitative estimate of drug-likeness (QED) is 0.514. The number of hydrogen-bond donors (Lipinski definition) is 0. The van der Waals surface area contributed by atoms with Gasteiger partial charge in [0.25, 0.3) is 5.91 Å². The average molecular weight is 443 g/mol. The second-order valence-corrected chi connectivity index (χ2v) is 8.48. The van der Waals surface area contributed by atoms with Crippen LogP contribution in [0.4, 0.5) is 0 Å². The largest absolute Gasteiger partial charge is 0.486 e. The molecule has 6 heteroatoms. The molecule has 0 bridgehead atoms. The minimum absolute atomic E-state index is 0.0412. The summed E-state index contributed by atoms with van der Waals surface area (Å²) in [5.74, 6) is 1.40. The molecule has 0 aromatic heterocycles. The van der Waals surface area contributed by atoms with Crippen LogP contribution in [0.3, 0.4) is 0 Å². The highest BCUT2D eigenvalue weighted by Gasteiger charge is 2.33. The van der Waals surface area contributed by atoms with Crippen molar-refractivity contribution in [2.75, 3.05) is 13.2 Å². The number of thioether (sulfide) groups is 1. The van der Waals surface area contributed by atoms with Gasteiger partial charge in [0.15, 0.2) is 16.7 Å². The van der Waals surface area contributed by atoms with Gasteiger partial charge >= 0.3 is 0 Å². The third kappa shape index (κ3) is 4.55. The minimum Gasteiger partial charge on any atom is -0.486 e. The van der Waals surface area contributed by atoms with E-state index in [9.17, 15) is 4.79 Å². The number of fused-ring (bicyclic) bond motifs is 1. The van der Waals surface area contributed by atoms with Crippen LogP contribution >= 0.6 is 11.8 Å². The molecule has 1 saturated heterocycles. The Balaban J connectivity index is 1.44. The van der Waals surface area contributed by atoms with Crippen LogP contribution in [0.25, 0.3) is 6.08 Å². The van der Waals surface area contributed by atoms with E-state index in [1.165, 1.54) is 11.8 Å². The van der Waals surface area contributed by atoms with Gasteiger partial charge in [-0.15, -0.1) is 0 Å². The van der Waals surface area contributed by atoms with E-state index in [0.29, 0.717) is 42.1 Å². The van der Waals surface area contributed by atoms with E-state index in [2.05, 4.69) is 0 Å². The zero-order chi connectivity index (χ0) is 21.8. The average Bonchev–Trinajstić information content (AvgIpc) is 3.13. The molecule has 5 nitrogen and oxygen atoms in total. The van der Waals surface area contributed by atoms with Crippen molar-refractivity contribution in [1.82, 2.24) is 4.90 Å². The molecule has 32 heavy (non-hydrogen) atoms. The van der Waals surface area contributed by atoms with Gasteiger partial charge in [-0.2, -0.15) is 0 Å². The van der Waals surface area contributed by atoms with Crippen molar-refractivity contribution >= 4 is 28.9 Å². The number of carbonyl (C=O) groups excluding carboxylic acids is 1. The molecule has 2 aliphatic heterocycles. The minimum atomic E-state index is -0.0412. The van der Waals surface area contributed by atoms with Crippen molar-refractivity contribution < 1.29 is 14.3 Å². The molecule has 0 unspecified atom stereocenters. The fraction of sp³-hybridized carbons (Fsp3) is 0.154. The molecule has 0 atom stereocenters. The van der Waals surface area contributed by atoms with Gasteiger partial charge in [-0.05, 0) is 46.7 Å². The molecule has 1 fully saturated rings. The summed E-state index contributed by atoms with van der Waals surface area (Å²) in [5, 5.41) is 0.714. The molecule has 3 aromatic rings. The topological polar surface area (TPSA) is 51.1 Å². The summed E-state index contributed by atoms with van der Waals surface area (Å²) in [4.78, 5) is 20.5. The second-order valence-electron chi connectivity index (χ2n) is 7.48. The molecule has 1 amide bonds. The Bertz CT molecular complexity index is 1180. The molecule has 3 aromatic carbocycles. The van der Waals surface area contributed by atoms with Crippen molar-refractivity contribution in [1.29, 1.82) is 0 Å². The molecule has 2 heterocycles. The van der Waals surface area contributed by atoms with Gasteiger partial charge in [0, 0.05) is 0 Å². The molecule has 0 radical (unpaired) electrons. The summed E-state index contributed by atoms with van der Waals surface area (Å²) in [7, 11) is 0. The van der Waals surface area contributed by atoms with Gasteiger partial charge in [-0.1, -0.05) is 66.7 Å². The third-order valence-corrected chi connectivity index (χ3v) is 6.22. The monoisotopic (exact) mass is 442 g/mol. The fourth-order valence-electron chi connectivity index (χ4n) is 3.57. The predicted molar refractivity (Wildman–Crippen MR) is 128 cm³/mol. The Kier molecular flexibility index (Phi) is 5.94. The molecule has 2 aliphatic rings. The molecule has 0 spiro atoms. The van der Waals surface area contributed by atoms with Crippen molar-refractivity contribution in [3.8, 4) is 11.5 Å². The zero-order valence-electron chi connectivity index (χ0n) is 17.4. The molecule has 5 rings (SSSR count). The smallest absolute Gasteiger partial charge is 0.267 e. The first kappa shape index (κ1) is 20.4. The van der Waals surface area contributed by atoms with Gasteiger partial charge in [-0.3, -0.25) is 14.7 Å². The molecule has 0 saturated carbocycles. The van der Waals surface area contributed by atoms with Crippen molar-refractivity contribution in [2.24, 2.45) is 4.99 Å². The van der Waals surface area contributed by atoms with E-state index in [4.69, 9.17) is 14.5 Å². The molecular weight excluding hydrogens is 420 g/mol. The molecule has 160 valence electrons. The Morgan fingerprint density at radius 2 is 1.56 bits per heavy atom. The first-order valence-corrected chi connectivity index (χ1v) is 11.3. The van der Waals surface area contributed by atoms with Crippen LogP contribution in [-0.4, -0.2) is 29.2 Å². The Hall–Kier alpha value is -3.51.